The monoisotopic (exact) mass is 543 g/mol. The second-order valence-corrected chi connectivity index (χ2v) is 8.94. The maximum absolute atomic E-state index is 12.1. The van der Waals surface area contributed by atoms with Crippen LogP contribution in [0.5, 0.6) is 0 Å². The standard InChI is InChI=1S/C20H38N3O12P/c21-19-1-2-23(20(26)22-19)15-18(16-25)34-17-36(27,28)35-14-13-33-12-11-32-10-9-31-8-7-30-6-5-29-4-3-24/h1-2,18,24-25H,3-17H2,(H,27,28)(H2,21,22,26)/t18-/m0/s1. The molecule has 15 nitrogen and oxygen atoms in total. The van der Waals surface area contributed by atoms with Crippen molar-refractivity contribution in [3.63, 3.8) is 0 Å². The van der Waals surface area contributed by atoms with Crippen molar-refractivity contribution in [3.8, 4) is 0 Å². The van der Waals surface area contributed by atoms with Crippen molar-refractivity contribution in [3.05, 3.63) is 22.7 Å². The Balaban J connectivity index is 1.99. The second-order valence-electron chi connectivity index (χ2n) is 7.14. The van der Waals surface area contributed by atoms with Crippen molar-refractivity contribution in [2.24, 2.45) is 0 Å². The van der Waals surface area contributed by atoms with Gasteiger partial charge in [-0.25, -0.2) is 4.79 Å². The maximum Gasteiger partial charge on any atom is 0.353 e. The minimum absolute atomic E-state index is 0.00795. The molecule has 2 atom stereocenters. The number of aliphatic hydroxyl groups is 2. The molecule has 1 aromatic rings. The number of aromatic nitrogens is 2. The van der Waals surface area contributed by atoms with E-state index in [-0.39, 0.29) is 38.8 Å². The number of nitrogen functional groups attached to an aromatic ring is 1. The minimum atomic E-state index is -4.09. The molecule has 0 aliphatic carbocycles. The smallest absolute Gasteiger partial charge is 0.353 e. The molecular weight excluding hydrogens is 505 g/mol. The van der Waals surface area contributed by atoms with E-state index in [1.54, 1.807) is 0 Å². The Morgan fingerprint density at radius 1 is 0.889 bits per heavy atom. The number of ether oxygens (including phenoxy) is 6. The van der Waals surface area contributed by atoms with Gasteiger partial charge >= 0.3 is 13.3 Å². The van der Waals surface area contributed by atoms with Gasteiger partial charge in [0.05, 0.1) is 98.5 Å². The summed E-state index contributed by atoms with van der Waals surface area (Å²) in [7, 11) is -4.09. The summed E-state index contributed by atoms with van der Waals surface area (Å²) in [6, 6.07) is 1.41. The summed E-state index contributed by atoms with van der Waals surface area (Å²) in [5.41, 5.74) is 4.79. The highest BCUT2D eigenvalue weighted by atomic mass is 31.2. The molecule has 0 aromatic carbocycles. The molecule has 0 bridgehead atoms. The van der Waals surface area contributed by atoms with E-state index in [2.05, 4.69) is 4.98 Å². The number of hydrogen-bond acceptors (Lipinski definition) is 13. The van der Waals surface area contributed by atoms with E-state index in [1.165, 1.54) is 12.3 Å². The molecule has 1 unspecified atom stereocenters. The van der Waals surface area contributed by atoms with Crippen LogP contribution >= 0.6 is 7.60 Å². The summed E-state index contributed by atoms with van der Waals surface area (Å²) in [6.07, 6.45) is -0.198. The topological polar surface area (TPSA) is 203 Å². The van der Waals surface area contributed by atoms with Crippen LogP contribution in [-0.2, 0) is 44.1 Å². The highest BCUT2D eigenvalue weighted by Gasteiger charge is 2.22. The van der Waals surface area contributed by atoms with Crippen LogP contribution in [-0.4, -0.2) is 123 Å². The van der Waals surface area contributed by atoms with Crippen LogP contribution in [0, 0.1) is 0 Å². The summed E-state index contributed by atoms with van der Waals surface area (Å²) >= 11 is 0. The Bertz CT molecular complexity index is 785. The number of nitrogens with two attached hydrogens (primary N) is 1. The lowest BCUT2D eigenvalue weighted by Gasteiger charge is -2.19. The van der Waals surface area contributed by atoms with Gasteiger partial charge in [0.1, 0.15) is 12.2 Å². The first kappa shape index (κ1) is 32.5. The van der Waals surface area contributed by atoms with Gasteiger partial charge < -0.3 is 53.8 Å². The number of aliphatic hydroxyl groups excluding tert-OH is 2. The van der Waals surface area contributed by atoms with E-state index < -0.39 is 32.3 Å². The molecule has 0 spiro atoms. The Labute approximate surface area is 209 Å². The predicted molar refractivity (Wildman–Crippen MR) is 127 cm³/mol. The molecule has 0 amide bonds. The van der Waals surface area contributed by atoms with Crippen molar-refractivity contribution in [1.29, 1.82) is 0 Å². The quantitative estimate of drug-likeness (QED) is 0.0860. The van der Waals surface area contributed by atoms with E-state index in [0.29, 0.717) is 52.9 Å². The van der Waals surface area contributed by atoms with Gasteiger partial charge in [0.25, 0.3) is 0 Å². The van der Waals surface area contributed by atoms with E-state index in [0.717, 1.165) is 4.57 Å². The summed E-state index contributed by atoms with van der Waals surface area (Å²) < 4.78 is 49.6. The molecule has 0 radical (unpaired) electrons. The Kier molecular flexibility index (Phi) is 18.6. The first-order valence-corrected chi connectivity index (χ1v) is 13.2. The SMILES string of the molecule is Nc1ccn(C[C@@H](CO)OCP(=O)(O)OCCOCCOCCOCCOCCOCCO)c(=O)n1. The maximum atomic E-state index is 12.1. The van der Waals surface area contributed by atoms with Gasteiger partial charge in [0.2, 0.25) is 0 Å². The molecule has 0 fully saturated rings. The van der Waals surface area contributed by atoms with Crippen molar-refractivity contribution in [2.45, 2.75) is 12.6 Å². The molecule has 0 saturated heterocycles. The van der Waals surface area contributed by atoms with Gasteiger partial charge in [-0.05, 0) is 6.07 Å². The Morgan fingerprint density at radius 3 is 1.86 bits per heavy atom. The zero-order valence-corrected chi connectivity index (χ0v) is 21.2. The lowest BCUT2D eigenvalue weighted by atomic mass is 10.3. The normalized spacial score (nSPS) is 14.1. The highest BCUT2D eigenvalue weighted by Crippen LogP contribution is 2.41. The number of anilines is 1. The van der Waals surface area contributed by atoms with Gasteiger partial charge in [0.15, 0.2) is 0 Å². The third-order valence-corrected chi connectivity index (χ3v) is 5.28. The number of hydrogen-bond donors (Lipinski definition) is 4. The average molecular weight is 544 g/mol. The molecule has 36 heavy (non-hydrogen) atoms. The van der Waals surface area contributed by atoms with Crippen molar-refractivity contribution >= 4 is 13.4 Å². The zero-order chi connectivity index (χ0) is 26.5. The van der Waals surface area contributed by atoms with Gasteiger partial charge in [-0.15, -0.1) is 0 Å². The van der Waals surface area contributed by atoms with Crippen molar-refractivity contribution in [2.75, 3.05) is 98.0 Å². The summed E-state index contributed by atoms with van der Waals surface area (Å²) in [6.45, 7) is 2.75. The first-order chi connectivity index (χ1) is 17.4. The fourth-order valence-electron chi connectivity index (χ4n) is 2.49. The van der Waals surface area contributed by atoms with Crippen LogP contribution in [0.25, 0.3) is 0 Å². The zero-order valence-electron chi connectivity index (χ0n) is 20.3. The van der Waals surface area contributed by atoms with Gasteiger partial charge in [0, 0.05) is 6.20 Å². The van der Waals surface area contributed by atoms with Gasteiger partial charge in [-0.1, -0.05) is 0 Å². The molecular formula is C20H38N3O12P. The van der Waals surface area contributed by atoms with E-state index in [1.807, 2.05) is 0 Å². The first-order valence-electron chi connectivity index (χ1n) is 11.4. The molecule has 0 saturated carbocycles. The molecule has 210 valence electrons. The van der Waals surface area contributed by atoms with Gasteiger partial charge in [-0.3, -0.25) is 9.13 Å². The molecule has 1 rings (SSSR count). The van der Waals surface area contributed by atoms with Crippen molar-refractivity contribution in [1.82, 2.24) is 9.55 Å². The highest BCUT2D eigenvalue weighted by molar-refractivity contribution is 7.52. The molecule has 5 N–H and O–H groups in total. The van der Waals surface area contributed by atoms with Crippen LogP contribution in [0.4, 0.5) is 5.82 Å². The molecule has 16 heteroatoms. The van der Waals surface area contributed by atoms with E-state index in [9.17, 15) is 19.4 Å². The predicted octanol–water partition coefficient (Wildman–Crippen LogP) is -1.56. The summed E-state index contributed by atoms with van der Waals surface area (Å²) in [5, 5.41) is 18.0. The van der Waals surface area contributed by atoms with E-state index in [4.69, 9.17) is 43.8 Å². The number of nitrogens with zero attached hydrogens (tertiary/aromatic N) is 2. The van der Waals surface area contributed by atoms with Crippen LogP contribution in [0.1, 0.15) is 0 Å². The second kappa shape index (κ2) is 20.6. The van der Waals surface area contributed by atoms with Crippen molar-refractivity contribution < 1.29 is 52.6 Å². The van der Waals surface area contributed by atoms with Crippen LogP contribution in [0.15, 0.2) is 17.1 Å². The van der Waals surface area contributed by atoms with Crippen LogP contribution < -0.4 is 11.4 Å². The lowest BCUT2D eigenvalue weighted by Crippen LogP contribution is -2.32. The molecule has 1 aromatic heterocycles. The molecule has 0 aliphatic rings. The fourth-order valence-corrected chi connectivity index (χ4v) is 3.32. The molecule has 0 aliphatic heterocycles. The van der Waals surface area contributed by atoms with E-state index >= 15 is 0 Å². The largest absolute Gasteiger partial charge is 0.394 e. The average Bonchev–Trinajstić information content (AvgIpc) is 2.85. The minimum Gasteiger partial charge on any atom is -0.394 e. The third-order valence-electron chi connectivity index (χ3n) is 4.22. The third kappa shape index (κ3) is 17.1. The van der Waals surface area contributed by atoms with Crippen LogP contribution in [0.2, 0.25) is 0 Å². The van der Waals surface area contributed by atoms with Gasteiger partial charge in [-0.2, -0.15) is 4.98 Å². The fraction of sp³-hybridized carbons (Fsp3) is 0.800. The number of rotatable bonds is 24. The summed E-state index contributed by atoms with van der Waals surface area (Å²) in [5.74, 6) is 0.0597. The Morgan fingerprint density at radius 2 is 1.39 bits per heavy atom. The Hall–Kier alpha value is -1.49. The summed E-state index contributed by atoms with van der Waals surface area (Å²) in [4.78, 5) is 25.1. The lowest BCUT2D eigenvalue weighted by molar-refractivity contribution is -0.0153. The molecule has 1 heterocycles. The van der Waals surface area contributed by atoms with Crippen LogP contribution in [0.3, 0.4) is 0 Å².